The van der Waals surface area contributed by atoms with E-state index in [2.05, 4.69) is 22.9 Å². The number of rotatable bonds is 5. The second-order valence-corrected chi connectivity index (χ2v) is 4.53. The number of unbranched alkanes of at least 4 members (excludes halogenated alkanes) is 1. The van der Waals surface area contributed by atoms with Crippen molar-refractivity contribution >= 4 is 15.9 Å². The summed E-state index contributed by atoms with van der Waals surface area (Å²) in [6.07, 6.45) is 2.23. The largest absolute Gasteiger partial charge is 0.492 e. The summed E-state index contributed by atoms with van der Waals surface area (Å²) in [5, 5.41) is 0. The van der Waals surface area contributed by atoms with E-state index in [4.69, 9.17) is 10.5 Å². The minimum Gasteiger partial charge on any atom is -0.492 e. The van der Waals surface area contributed by atoms with Crippen molar-refractivity contribution in [3.63, 3.8) is 0 Å². The standard InChI is InChI=1S/C12H18BrNO/c1-3-4-7-15-12-6-5-10(9(2)14)8-11(12)13/h5-6,8-9H,3-4,7,14H2,1-2H3. The van der Waals surface area contributed by atoms with Gasteiger partial charge in [-0.25, -0.2) is 0 Å². The van der Waals surface area contributed by atoms with Crippen molar-refractivity contribution in [1.82, 2.24) is 0 Å². The Morgan fingerprint density at radius 2 is 2.20 bits per heavy atom. The lowest BCUT2D eigenvalue weighted by atomic mass is 10.1. The third kappa shape index (κ3) is 3.84. The number of ether oxygens (including phenoxy) is 1. The molecule has 0 heterocycles. The topological polar surface area (TPSA) is 35.2 Å². The van der Waals surface area contributed by atoms with Gasteiger partial charge in [0.1, 0.15) is 5.75 Å². The molecule has 0 amide bonds. The summed E-state index contributed by atoms with van der Waals surface area (Å²) in [6.45, 7) is 4.89. The maximum absolute atomic E-state index is 5.79. The van der Waals surface area contributed by atoms with Crippen molar-refractivity contribution in [3.8, 4) is 5.75 Å². The average Bonchev–Trinajstić information content (AvgIpc) is 2.20. The Bertz CT molecular complexity index is 312. The van der Waals surface area contributed by atoms with E-state index in [9.17, 15) is 0 Å². The van der Waals surface area contributed by atoms with E-state index in [1.807, 2.05) is 25.1 Å². The van der Waals surface area contributed by atoms with Crippen LogP contribution in [0.25, 0.3) is 0 Å². The minimum atomic E-state index is 0.0611. The van der Waals surface area contributed by atoms with Crippen LogP contribution in [0.5, 0.6) is 5.75 Å². The first kappa shape index (κ1) is 12.5. The van der Waals surface area contributed by atoms with E-state index in [1.54, 1.807) is 0 Å². The van der Waals surface area contributed by atoms with Gasteiger partial charge in [-0.1, -0.05) is 19.4 Å². The van der Waals surface area contributed by atoms with Gasteiger partial charge < -0.3 is 10.5 Å². The number of halogens is 1. The zero-order valence-electron chi connectivity index (χ0n) is 9.29. The van der Waals surface area contributed by atoms with Crippen molar-refractivity contribution in [3.05, 3.63) is 28.2 Å². The zero-order chi connectivity index (χ0) is 11.3. The van der Waals surface area contributed by atoms with Crippen molar-refractivity contribution in [1.29, 1.82) is 0 Å². The lowest BCUT2D eigenvalue weighted by Gasteiger charge is -2.11. The maximum Gasteiger partial charge on any atom is 0.133 e. The van der Waals surface area contributed by atoms with Crippen LogP contribution in [0, 0.1) is 0 Å². The lowest BCUT2D eigenvalue weighted by Crippen LogP contribution is -2.05. The zero-order valence-corrected chi connectivity index (χ0v) is 10.9. The number of nitrogens with two attached hydrogens (primary N) is 1. The predicted molar refractivity (Wildman–Crippen MR) is 67.1 cm³/mol. The van der Waals surface area contributed by atoms with E-state index >= 15 is 0 Å². The summed E-state index contributed by atoms with van der Waals surface area (Å²) in [7, 11) is 0. The molecule has 0 saturated heterocycles. The Morgan fingerprint density at radius 3 is 2.73 bits per heavy atom. The van der Waals surface area contributed by atoms with Gasteiger partial charge in [-0.3, -0.25) is 0 Å². The number of benzene rings is 1. The molecule has 0 aromatic heterocycles. The minimum absolute atomic E-state index is 0.0611. The molecule has 1 atom stereocenters. The highest BCUT2D eigenvalue weighted by molar-refractivity contribution is 9.10. The smallest absolute Gasteiger partial charge is 0.133 e. The van der Waals surface area contributed by atoms with E-state index in [1.165, 1.54) is 0 Å². The second kappa shape index (κ2) is 6.13. The van der Waals surface area contributed by atoms with Crippen molar-refractivity contribution < 1.29 is 4.74 Å². The summed E-state index contributed by atoms with van der Waals surface area (Å²) in [5.41, 5.74) is 6.91. The first-order valence-corrected chi connectivity index (χ1v) is 6.12. The quantitative estimate of drug-likeness (QED) is 0.830. The van der Waals surface area contributed by atoms with Gasteiger partial charge >= 0.3 is 0 Å². The fraction of sp³-hybridized carbons (Fsp3) is 0.500. The Labute approximate surface area is 99.9 Å². The van der Waals surface area contributed by atoms with Crippen LogP contribution in [-0.4, -0.2) is 6.61 Å². The molecule has 15 heavy (non-hydrogen) atoms. The van der Waals surface area contributed by atoms with Crippen molar-refractivity contribution in [2.75, 3.05) is 6.61 Å². The SMILES string of the molecule is CCCCOc1ccc(C(C)N)cc1Br. The molecule has 84 valence electrons. The van der Waals surface area contributed by atoms with Gasteiger partial charge in [0.15, 0.2) is 0 Å². The van der Waals surface area contributed by atoms with Gasteiger partial charge in [-0.2, -0.15) is 0 Å². The molecule has 3 heteroatoms. The molecule has 2 nitrogen and oxygen atoms in total. The molecule has 0 spiro atoms. The fourth-order valence-electron chi connectivity index (χ4n) is 1.24. The van der Waals surface area contributed by atoms with Gasteiger partial charge in [0.05, 0.1) is 11.1 Å². The molecular weight excluding hydrogens is 254 g/mol. The third-order valence-electron chi connectivity index (χ3n) is 2.24. The fourth-order valence-corrected chi connectivity index (χ4v) is 1.75. The van der Waals surface area contributed by atoms with Crippen LogP contribution in [0.1, 0.15) is 38.3 Å². The van der Waals surface area contributed by atoms with E-state index in [0.29, 0.717) is 0 Å². The Morgan fingerprint density at radius 1 is 1.47 bits per heavy atom. The van der Waals surface area contributed by atoms with Crippen LogP contribution in [0.2, 0.25) is 0 Å². The molecule has 0 aliphatic rings. The second-order valence-electron chi connectivity index (χ2n) is 3.68. The van der Waals surface area contributed by atoms with Gasteiger partial charge in [0, 0.05) is 6.04 Å². The number of hydrogen-bond donors (Lipinski definition) is 1. The summed E-state index contributed by atoms with van der Waals surface area (Å²) in [4.78, 5) is 0. The van der Waals surface area contributed by atoms with Crippen LogP contribution in [0.4, 0.5) is 0 Å². The summed E-state index contributed by atoms with van der Waals surface area (Å²) >= 11 is 3.49. The molecule has 2 N–H and O–H groups in total. The Balaban J connectivity index is 2.66. The van der Waals surface area contributed by atoms with Gasteiger partial charge in [-0.05, 0) is 47.0 Å². The average molecular weight is 272 g/mol. The van der Waals surface area contributed by atoms with Crippen LogP contribution < -0.4 is 10.5 Å². The molecule has 0 aliphatic heterocycles. The molecule has 0 fully saturated rings. The highest BCUT2D eigenvalue weighted by Crippen LogP contribution is 2.27. The first-order chi connectivity index (χ1) is 7.15. The van der Waals surface area contributed by atoms with Gasteiger partial charge in [-0.15, -0.1) is 0 Å². The molecule has 1 aromatic carbocycles. The van der Waals surface area contributed by atoms with Crippen LogP contribution in [0.3, 0.4) is 0 Å². The van der Waals surface area contributed by atoms with Crippen LogP contribution in [0.15, 0.2) is 22.7 Å². The molecule has 0 radical (unpaired) electrons. The molecular formula is C12H18BrNO. The molecule has 1 unspecified atom stereocenters. The summed E-state index contributed by atoms with van der Waals surface area (Å²) in [5.74, 6) is 0.896. The predicted octanol–water partition coefficient (Wildman–Crippen LogP) is 3.65. The molecule has 1 rings (SSSR count). The van der Waals surface area contributed by atoms with Gasteiger partial charge in [0.25, 0.3) is 0 Å². The van der Waals surface area contributed by atoms with Crippen LogP contribution in [-0.2, 0) is 0 Å². The normalized spacial score (nSPS) is 12.5. The Hall–Kier alpha value is -0.540. The number of hydrogen-bond acceptors (Lipinski definition) is 2. The summed E-state index contributed by atoms with van der Waals surface area (Å²) in [6, 6.07) is 6.06. The molecule has 0 saturated carbocycles. The van der Waals surface area contributed by atoms with Crippen molar-refractivity contribution in [2.24, 2.45) is 5.73 Å². The van der Waals surface area contributed by atoms with Crippen LogP contribution >= 0.6 is 15.9 Å². The van der Waals surface area contributed by atoms with Gasteiger partial charge in [0.2, 0.25) is 0 Å². The highest BCUT2D eigenvalue weighted by atomic mass is 79.9. The summed E-state index contributed by atoms with van der Waals surface area (Å²) < 4.78 is 6.60. The molecule has 0 bridgehead atoms. The monoisotopic (exact) mass is 271 g/mol. The highest BCUT2D eigenvalue weighted by Gasteiger charge is 2.04. The lowest BCUT2D eigenvalue weighted by molar-refractivity contribution is 0.307. The van der Waals surface area contributed by atoms with Crippen molar-refractivity contribution in [2.45, 2.75) is 32.7 Å². The molecule has 1 aromatic rings. The Kier molecular flexibility index (Phi) is 5.12. The third-order valence-corrected chi connectivity index (χ3v) is 2.86. The first-order valence-electron chi connectivity index (χ1n) is 5.33. The molecule has 0 aliphatic carbocycles. The van der Waals surface area contributed by atoms with E-state index < -0.39 is 0 Å². The maximum atomic E-state index is 5.79. The van der Waals surface area contributed by atoms with E-state index in [0.717, 1.165) is 35.2 Å². The van der Waals surface area contributed by atoms with E-state index in [-0.39, 0.29) is 6.04 Å².